The summed E-state index contributed by atoms with van der Waals surface area (Å²) in [4.78, 5) is 37.2. The van der Waals surface area contributed by atoms with Gasteiger partial charge in [0.05, 0.1) is 6.54 Å². The SMILES string of the molecule is Cc1ccccc1C(=O)Cn1cc(C)c(=O)[nH]c1=O. The predicted octanol–water partition coefficient (Wildman–Crippen LogP) is 1.04. The Morgan fingerprint density at radius 3 is 2.53 bits per heavy atom. The number of nitrogens with one attached hydrogen (secondary N) is 1. The van der Waals surface area contributed by atoms with Crippen LogP contribution in [-0.2, 0) is 6.54 Å². The van der Waals surface area contributed by atoms with Crippen molar-refractivity contribution in [3.63, 3.8) is 0 Å². The van der Waals surface area contributed by atoms with Gasteiger partial charge in [0.25, 0.3) is 5.56 Å². The highest BCUT2D eigenvalue weighted by molar-refractivity contribution is 5.97. The summed E-state index contributed by atoms with van der Waals surface area (Å²) in [5.41, 5.74) is 0.847. The van der Waals surface area contributed by atoms with Crippen molar-refractivity contribution in [2.75, 3.05) is 0 Å². The van der Waals surface area contributed by atoms with Crippen molar-refractivity contribution in [1.82, 2.24) is 9.55 Å². The van der Waals surface area contributed by atoms with Crippen LogP contribution in [0.2, 0.25) is 0 Å². The molecule has 0 bridgehead atoms. The third-order valence-electron chi connectivity index (χ3n) is 2.95. The molecule has 0 fully saturated rings. The van der Waals surface area contributed by atoms with E-state index in [4.69, 9.17) is 0 Å². The number of Topliss-reactive ketones (excluding diaryl/α,β-unsaturated/α-hetero) is 1. The predicted molar refractivity (Wildman–Crippen MR) is 71.6 cm³/mol. The van der Waals surface area contributed by atoms with Crippen molar-refractivity contribution in [2.24, 2.45) is 0 Å². The Balaban J connectivity index is 2.35. The maximum absolute atomic E-state index is 12.1. The number of hydrogen-bond donors (Lipinski definition) is 1. The fourth-order valence-corrected chi connectivity index (χ4v) is 1.86. The van der Waals surface area contributed by atoms with E-state index in [0.29, 0.717) is 11.1 Å². The van der Waals surface area contributed by atoms with Gasteiger partial charge >= 0.3 is 5.69 Å². The summed E-state index contributed by atoms with van der Waals surface area (Å²) in [7, 11) is 0. The maximum Gasteiger partial charge on any atom is 0.328 e. The molecule has 5 nitrogen and oxygen atoms in total. The van der Waals surface area contributed by atoms with E-state index >= 15 is 0 Å². The molecule has 0 unspecified atom stereocenters. The summed E-state index contributed by atoms with van der Waals surface area (Å²) < 4.78 is 1.21. The van der Waals surface area contributed by atoms with Crippen LogP contribution < -0.4 is 11.2 Å². The molecule has 1 aromatic carbocycles. The molecule has 0 aliphatic carbocycles. The number of hydrogen-bond acceptors (Lipinski definition) is 3. The average molecular weight is 258 g/mol. The fourth-order valence-electron chi connectivity index (χ4n) is 1.86. The van der Waals surface area contributed by atoms with Crippen LogP contribution in [0.1, 0.15) is 21.5 Å². The number of aromatic nitrogens is 2. The van der Waals surface area contributed by atoms with Crippen LogP contribution in [0.3, 0.4) is 0 Å². The molecular formula is C14H14N2O3. The van der Waals surface area contributed by atoms with E-state index in [2.05, 4.69) is 4.98 Å². The second kappa shape index (κ2) is 5.06. The van der Waals surface area contributed by atoms with Crippen LogP contribution in [-0.4, -0.2) is 15.3 Å². The lowest BCUT2D eigenvalue weighted by molar-refractivity contribution is 0.0969. The molecule has 0 saturated carbocycles. The highest BCUT2D eigenvalue weighted by Crippen LogP contribution is 2.08. The standard InChI is InChI=1S/C14H14N2O3/c1-9-5-3-4-6-11(9)12(17)8-16-7-10(2)13(18)15-14(16)19/h3-7H,8H2,1-2H3,(H,15,18,19). The summed E-state index contributed by atoms with van der Waals surface area (Å²) in [6, 6.07) is 7.19. The van der Waals surface area contributed by atoms with E-state index < -0.39 is 11.2 Å². The highest BCUT2D eigenvalue weighted by Gasteiger charge is 2.10. The summed E-state index contributed by atoms with van der Waals surface area (Å²) in [5, 5.41) is 0. The molecule has 1 aromatic heterocycles. The zero-order valence-corrected chi connectivity index (χ0v) is 10.8. The minimum absolute atomic E-state index is 0.0820. The molecule has 19 heavy (non-hydrogen) atoms. The van der Waals surface area contributed by atoms with Gasteiger partial charge in [-0.25, -0.2) is 4.79 Å². The van der Waals surface area contributed by atoms with Gasteiger partial charge in [0.1, 0.15) is 0 Å². The number of nitrogens with zero attached hydrogens (tertiary/aromatic N) is 1. The molecule has 0 spiro atoms. The van der Waals surface area contributed by atoms with E-state index in [-0.39, 0.29) is 12.3 Å². The van der Waals surface area contributed by atoms with Gasteiger partial charge in [0.15, 0.2) is 5.78 Å². The lowest BCUT2D eigenvalue weighted by Gasteiger charge is -2.07. The van der Waals surface area contributed by atoms with Gasteiger partial charge in [-0.2, -0.15) is 0 Å². The largest absolute Gasteiger partial charge is 0.328 e. The van der Waals surface area contributed by atoms with Gasteiger partial charge < -0.3 is 0 Å². The molecule has 0 radical (unpaired) electrons. The van der Waals surface area contributed by atoms with Crippen molar-refractivity contribution >= 4 is 5.78 Å². The smallest absolute Gasteiger partial charge is 0.293 e. The Morgan fingerprint density at radius 2 is 1.84 bits per heavy atom. The van der Waals surface area contributed by atoms with E-state index in [1.807, 2.05) is 19.1 Å². The number of benzene rings is 1. The van der Waals surface area contributed by atoms with E-state index in [1.54, 1.807) is 19.1 Å². The lowest BCUT2D eigenvalue weighted by Crippen LogP contribution is -2.32. The van der Waals surface area contributed by atoms with Crippen molar-refractivity contribution < 1.29 is 4.79 Å². The average Bonchev–Trinajstić information content (AvgIpc) is 2.36. The van der Waals surface area contributed by atoms with Crippen LogP contribution in [0.25, 0.3) is 0 Å². The van der Waals surface area contributed by atoms with Gasteiger partial charge in [-0.15, -0.1) is 0 Å². The Hall–Kier alpha value is -2.43. The molecule has 5 heteroatoms. The van der Waals surface area contributed by atoms with E-state index in [0.717, 1.165) is 5.56 Å². The van der Waals surface area contributed by atoms with Crippen molar-refractivity contribution in [1.29, 1.82) is 0 Å². The third-order valence-corrected chi connectivity index (χ3v) is 2.95. The summed E-state index contributed by atoms with van der Waals surface area (Å²) in [6.07, 6.45) is 1.40. The number of aromatic amines is 1. The number of ketones is 1. The minimum atomic E-state index is -0.572. The molecule has 98 valence electrons. The van der Waals surface area contributed by atoms with Gasteiger partial charge in [-0.3, -0.25) is 19.1 Å². The fraction of sp³-hybridized carbons (Fsp3) is 0.214. The molecule has 1 heterocycles. The molecule has 2 aromatic rings. The Morgan fingerprint density at radius 1 is 1.16 bits per heavy atom. The zero-order chi connectivity index (χ0) is 14.0. The van der Waals surface area contributed by atoms with Gasteiger partial charge in [-0.05, 0) is 19.4 Å². The third kappa shape index (κ3) is 2.70. The quantitative estimate of drug-likeness (QED) is 0.836. The second-order valence-electron chi connectivity index (χ2n) is 4.44. The van der Waals surface area contributed by atoms with Crippen LogP contribution in [0.5, 0.6) is 0 Å². The highest BCUT2D eigenvalue weighted by atomic mass is 16.2. The molecule has 0 aliphatic rings. The first-order chi connectivity index (χ1) is 8.99. The Labute approximate surface area is 109 Å². The van der Waals surface area contributed by atoms with Gasteiger partial charge in [0.2, 0.25) is 0 Å². The van der Waals surface area contributed by atoms with Crippen molar-refractivity contribution in [3.05, 3.63) is 68.0 Å². The maximum atomic E-state index is 12.1. The molecule has 0 aliphatic heterocycles. The Bertz CT molecular complexity index is 741. The number of aryl methyl sites for hydroxylation is 2. The number of rotatable bonds is 3. The molecule has 0 atom stereocenters. The first-order valence-corrected chi connectivity index (χ1v) is 5.88. The number of H-pyrrole nitrogens is 1. The molecule has 0 amide bonds. The summed E-state index contributed by atoms with van der Waals surface area (Å²) in [6.45, 7) is 3.35. The Kier molecular flexibility index (Phi) is 3.46. The van der Waals surface area contributed by atoms with Crippen LogP contribution in [0, 0.1) is 13.8 Å². The summed E-state index contributed by atoms with van der Waals surface area (Å²) in [5.74, 6) is -0.161. The zero-order valence-electron chi connectivity index (χ0n) is 10.8. The first kappa shape index (κ1) is 13.0. The number of carbonyl (C=O) groups is 1. The van der Waals surface area contributed by atoms with E-state index in [9.17, 15) is 14.4 Å². The van der Waals surface area contributed by atoms with Crippen molar-refractivity contribution in [2.45, 2.75) is 20.4 Å². The first-order valence-electron chi connectivity index (χ1n) is 5.88. The molecule has 1 N–H and O–H groups in total. The van der Waals surface area contributed by atoms with Crippen LogP contribution in [0.4, 0.5) is 0 Å². The molecule has 2 rings (SSSR count). The normalized spacial score (nSPS) is 10.4. The van der Waals surface area contributed by atoms with Crippen LogP contribution >= 0.6 is 0 Å². The van der Waals surface area contributed by atoms with E-state index in [1.165, 1.54) is 10.8 Å². The lowest BCUT2D eigenvalue weighted by atomic mass is 10.1. The molecule has 0 saturated heterocycles. The topological polar surface area (TPSA) is 71.9 Å². The molecular weight excluding hydrogens is 244 g/mol. The minimum Gasteiger partial charge on any atom is -0.293 e. The summed E-state index contributed by atoms with van der Waals surface area (Å²) >= 11 is 0. The monoisotopic (exact) mass is 258 g/mol. The van der Waals surface area contributed by atoms with Gasteiger partial charge in [0, 0.05) is 17.3 Å². The number of carbonyl (C=O) groups excluding carboxylic acids is 1. The second-order valence-corrected chi connectivity index (χ2v) is 4.44. The van der Waals surface area contributed by atoms with Gasteiger partial charge in [-0.1, -0.05) is 24.3 Å². The van der Waals surface area contributed by atoms with Crippen LogP contribution in [0.15, 0.2) is 40.1 Å². The van der Waals surface area contributed by atoms with Crippen molar-refractivity contribution in [3.8, 4) is 0 Å².